The molecule has 0 amide bonds. The van der Waals surface area contributed by atoms with Crippen LogP contribution in [0.5, 0.6) is 5.75 Å². The second-order valence-electron chi connectivity index (χ2n) is 7.99. The highest BCUT2D eigenvalue weighted by atomic mass is 19.1. The van der Waals surface area contributed by atoms with Crippen LogP contribution in [0.1, 0.15) is 50.0 Å². The van der Waals surface area contributed by atoms with E-state index in [4.69, 9.17) is 4.74 Å². The highest BCUT2D eigenvalue weighted by Crippen LogP contribution is 2.24. The van der Waals surface area contributed by atoms with Crippen molar-refractivity contribution in [3.05, 3.63) is 53.9 Å². The van der Waals surface area contributed by atoms with E-state index in [0.717, 1.165) is 18.5 Å². The molecule has 0 radical (unpaired) electrons. The summed E-state index contributed by atoms with van der Waals surface area (Å²) in [5.41, 5.74) is 1.66. The first-order valence-corrected chi connectivity index (χ1v) is 10.8. The van der Waals surface area contributed by atoms with Crippen molar-refractivity contribution in [3.63, 3.8) is 0 Å². The number of aryl methyl sites for hydroxylation is 1. The molecule has 2 N–H and O–H groups in total. The maximum Gasteiger partial charge on any atom is 0.232 e. The van der Waals surface area contributed by atoms with E-state index in [2.05, 4.69) is 25.6 Å². The zero-order valence-electron chi connectivity index (χ0n) is 18.1. The van der Waals surface area contributed by atoms with Gasteiger partial charge in [0, 0.05) is 43.2 Å². The summed E-state index contributed by atoms with van der Waals surface area (Å²) in [5, 5.41) is 6.62. The van der Waals surface area contributed by atoms with E-state index < -0.39 is 5.82 Å². The molecule has 1 aromatic carbocycles. The average Bonchev–Trinajstić information content (AvgIpc) is 2.98. The highest BCUT2D eigenvalue weighted by Gasteiger charge is 2.16. The van der Waals surface area contributed by atoms with Crippen molar-refractivity contribution in [3.8, 4) is 5.75 Å². The van der Waals surface area contributed by atoms with Gasteiger partial charge in [-0.05, 0) is 37.1 Å². The first-order chi connectivity index (χ1) is 15.1. The van der Waals surface area contributed by atoms with Crippen LogP contribution < -0.4 is 15.4 Å². The van der Waals surface area contributed by atoms with Gasteiger partial charge in [-0.3, -0.25) is 0 Å². The van der Waals surface area contributed by atoms with Crippen molar-refractivity contribution in [2.75, 3.05) is 17.7 Å². The number of nitrogens with zero attached hydrogens (tertiary/aromatic N) is 4. The Morgan fingerprint density at radius 3 is 2.52 bits per heavy atom. The monoisotopic (exact) mass is 424 g/mol. The first kappa shape index (κ1) is 21.1. The van der Waals surface area contributed by atoms with Crippen LogP contribution in [0.2, 0.25) is 0 Å². The summed E-state index contributed by atoms with van der Waals surface area (Å²) < 4.78 is 21.2. The quantitative estimate of drug-likeness (QED) is 0.529. The van der Waals surface area contributed by atoms with Crippen LogP contribution in [-0.4, -0.2) is 32.7 Å². The lowest BCUT2D eigenvalue weighted by Crippen LogP contribution is -2.21. The van der Waals surface area contributed by atoms with Crippen LogP contribution in [0, 0.1) is 5.82 Å². The second kappa shape index (κ2) is 9.76. The molecule has 0 unspecified atom stereocenters. The van der Waals surface area contributed by atoms with Crippen molar-refractivity contribution in [1.82, 2.24) is 19.5 Å². The lowest BCUT2D eigenvalue weighted by Gasteiger charge is -2.17. The molecule has 1 saturated carbocycles. The molecule has 31 heavy (non-hydrogen) atoms. The Hall–Kier alpha value is -3.16. The molecule has 0 aliphatic heterocycles. The summed E-state index contributed by atoms with van der Waals surface area (Å²) in [6, 6.07) is 9.10. The molecule has 4 rings (SSSR count). The molecule has 7 nitrogen and oxygen atoms in total. The van der Waals surface area contributed by atoms with E-state index in [9.17, 15) is 4.39 Å². The first-order valence-electron chi connectivity index (χ1n) is 10.8. The van der Waals surface area contributed by atoms with Gasteiger partial charge in [-0.1, -0.05) is 25.7 Å². The molecule has 3 aromatic rings. The van der Waals surface area contributed by atoms with E-state index in [1.807, 2.05) is 29.9 Å². The summed E-state index contributed by atoms with van der Waals surface area (Å²) >= 11 is 0. The number of methoxy groups -OCH3 is 1. The Labute approximate surface area is 182 Å². The van der Waals surface area contributed by atoms with Gasteiger partial charge in [0.25, 0.3) is 0 Å². The third kappa shape index (κ3) is 5.51. The van der Waals surface area contributed by atoms with Crippen molar-refractivity contribution < 1.29 is 9.13 Å². The van der Waals surface area contributed by atoms with E-state index >= 15 is 0 Å². The summed E-state index contributed by atoms with van der Waals surface area (Å²) in [4.78, 5) is 13.8. The average molecular weight is 425 g/mol. The third-order valence-electron chi connectivity index (χ3n) is 5.67. The normalized spacial score (nSPS) is 14.8. The van der Waals surface area contributed by atoms with Crippen molar-refractivity contribution in [2.45, 2.75) is 51.0 Å². The van der Waals surface area contributed by atoms with Crippen LogP contribution in [0.3, 0.4) is 0 Å². The standard InChI is InChI=1S/C23H29FN6O/c1-30-13-7-10-18(30)15-21-27-22(25-16-8-5-3-4-6-9-16)29-23(28-21)26-17-11-12-20(31-2)19(24)14-17/h7,10-14,16H,3-6,8-9,15H2,1-2H3,(H2,25,26,27,28,29). The molecule has 8 heteroatoms. The van der Waals surface area contributed by atoms with Crippen LogP contribution in [0.4, 0.5) is 22.0 Å². The zero-order valence-corrected chi connectivity index (χ0v) is 18.1. The minimum atomic E-state index is -0.442. The summed E-state index contributed by atoms with van der Waals surface area (Å²) in [6.07, 6.45) is 9.81. The number of aromatic nitrogens is 4. The molecule has 0 spiro atoms. The number of nitrogens with one attached hydrogen (secondary N) is 2. The maximum absolute atomic E-state index is 14.1. The van der Waals surface area contributed by atoms with Crippen molar-refractivity contribution in [2.24, 2.45) is 7.05 Å². The number of anilines is 3. The van der Waals surface area contributed by atoms with E-state index in [0.29, 0.717) is 35.9 Å². The van der Waals surface area contributed by atoms with Gasteiger partial charge in [0.2, 0.25) is 11.9 Å². The van der Waals surface area contributed by atoms with Crippen molar-refractivity contribution >= 4 is 17.6 Å². The maximum atomic E-state index is 14.1. The molecule has 0 atom stereocenters. The Bertz CT molecular complexity index is 1010. The van der Waals surface area contributed by atoms with Gasteiger partial charge in [-0.2, -0.15) is 15.0 Å². The number of rotatable bonds is 7. The second-order valence-corrected chi connectivity index (χ2v) is 7.99. The fourth-order valence-electron chi connectivity index (χ4n) is 3.94. The van der Waals surface area contributed by atoms with Gasteiger partial charge in [0.05, 0.1) is 7.11 Å². The van der Waals surface area contributed by atoms with Crippen LogP contribution in [0.25, 0.3) is 0 Å². The number of ether oxygens (including phenoxy) is 1. The Morgan fingerprint density at radius 2 is 1.84 bits per heavy atom. The predicted molar refractivity (Wildman–Crippen MR) is 119 cm³/mol. The van der Waals surface area contributed by atoms with E-state index in [1.165, 1.54) is 38.9 Å². The number of halogens is 1. The van der Waals surface area contributed by atoms with Gasteiger partial charge in [0.1, 0.15) is 5.82 Å². The minimum Gasteiger partial charge on any atom is -0.494 e. The van der Waals surface area contributed by atoms with Crippen LogP contribution in [-0.2, 0) is 13.5 Å². The number of hydrogen-bond acceptors (Lipinski definition) is 6. The molecule has 1 fully saturated rings. The molecular formula is C23H29FN6O. The molecule has 164 valence electrons. The smallest absolute Gasteiger partial charge is 0.232 e. The van der Waals surface area contributed by atoms with Gasteiger partial charge >= 0.3 is 0 Å². The lowest BCUT2D eigenvalue weighted by atomic mass is 10.1. The number of benzene rings is 1. The fraction of sp³-hybridized carbons (Fsp3) is 0.435. The number of hydrogen-bond donors (Lipinski definition) is 2. The molecule has 2 heterocycles. The van der Waals surface area contributed by atoms with E-state index in [1.54, 1.807) is 12.1 Å². The van der Waals surface area contributed by atoms with Crippen LogP contribution >= 0.6 is 0 Å². The summed E-state index contributed by atoms with van der Waals surface area (Å²) in [7, 11) is 3.44. The summed E-state index contributed by atoms with van der Waals surface area (Å²) in [6.45, 7) is 0. The third-order valence-corrected chi connectivity index (χ3v) is 5.67. The molecule has 0 saturated heterocycles. The summed E-state index contributed by atoms with van der Waals surface area (Å²) in [5.74, 6) is 1.36. The van der Waals surface area contributed by atoms with Gasteiger partial charge in [-0.15, -0.1) is 0 Å². The van der Waals surface area contributed by atoms with Gasteiger partial charge < -0.3 is 19.9 Å². The lowest BCUT2D eigenvalue weighted by molar-refractivity contribution is 0.386. The predicted octanol–water partition coefficient (Wildman–Crippen LogP) is 4.83. The minimum absolute atomic E-state index is 0.196. The van der Waals surface area contributed by atoms with Gasteiger partial charge in [0.15, 0.2) is 11.6 Å². The molecule has 1 aliphatic rings. The zero-order chi connectivity index (χ0) is 21.6. The molecule has 0 bridgehead atoms. The van der Waals surface area contributed by atoms with Crippen molar-refractivity contribution in [1.29, 1.82) is 0 Å². The Balaban J connectivity index is 1.60. The largest absolute Gasteiger partial charge is 0.494 e. The molecular weight excluding hydrogens is 395 g/mol. The fourth-order valence-corrected chi connectivity index (χ4v) is 3.94. The van der Waals surface area contributed by atoms with E-state index in [-0.39, 0.29) is 5.75 Å². The molecule has 2 aromatic heterocycles. The Morgan fingerprint density at radius 1 is 1.06 bits per heavy atom. The van der Waals surface area contributed by atoms with Crippen LogP contribution in [0.15, 0.2) is 36.5 Å². The highest BCUT2D eigenvalue weighted by molar-refractivity contribution is 5.56. The SMILES string of the molecule is COc1ccc(Nc2nc(Cc3cccn3C)nc(NC3CCCCCC3)n2)cc1F. The van der Waals surface area contributed by atoms with Gasteiger partial charge in [-0.25, -0.2) is 4.39 Å². The Kier molecular flexibility index (Phi) is 6.64. The molecule has 1 aliphatic carbocycles. The topological polar surface area (TPSA) is 76.9 Å².